The van der Waals surface area contributed by atoms with Gasteiger partial charge in [0.05, 0.1) is 35.6 Å². The lowest BCUT2D eigenvalue weighted by molar-refractivity contribution is -0.274. The van der Waals surface area contributed by atoms with Gasteiger partial charge in [-0.2, -0.15) is 0 Å². The Morgan fingerprint density at radius 2 is 2.16 bits per heavy atom. The summed E-state index contributed by atoms with van der Waals surface area (Å²) in [4.78, 5) is 25.7. The Kier molecular flexibility index (Phi) is 6.00. The summed E-state index contributed by atoms with van der Waals surface area (Å²) in [6.07, 6.45) is -1.18. The molecule has 1 aliphatic heterocycles. The Balaban J connectivity index is 1.71. The molecule has 1 aliphatic rings. The number of fused-ring (bicyclic) bond motifs is 1. The van der Waals surface area contributed by atoms with Gasteiger partial charge in [0.2, 0.25) is 0 Å². The Morgan fingerprint density at radius 1 is 1.34 bits per heavy atom. The van der Waals surface area contributed by atoms with E-state index in [-0.39, 0.29) is 17.4 Å². The van der Waals surface area contributed by atoms with E-state index in [4.69, 9.17) is 4.74 Å². The summed E-state index contributed by atoms with van der Waals surface area (Å²) >= 11 is 0. The molecule has 0 radical (unpaired) electrons. The van der Waals surface area contributed by atoms with Crippen molar-refractivity contribution in [3.63, 3.8) is 0 Å². The third-order valence-electron chi connectivity index (χ3n) is 5.31. The molecule has 11 heteroatoms. The van der Waals surface area contributed by atoms with Gasteiger partial charge in [0.1, 0.15) is 17.3 Å². The monoisotopic (exact) mass is 449 g/mol. The summed E-state index contributed by atoms with van der Waals surface area (Å²) in [5, 5.41) is 2.98. The molecule has 0 aliphatic carbocycles. The third kappa shape index (κ3) is 4.67. The maximum Gasteiger partial charge on any atom is 0.573 e. The molecule has 1 aromatic carbocycles. The number of aryl methyl sites for hydroxylation is 2. The van der Waals surface area contributed by atoms with Crippen LogP contribution >= 0.6 is 0 Å². The summed E-state index contributed by atoms with van der Waals surface area (Å²) in [6.45, 7) is 5.17. The molecule has 1 fully saturated rings. The van der Waals surface area contributed by atoms with Gasteiger partial charge in [0, 0.05) is 31.3 Å². The van der Waals surface area contributed by atoms with Crippen LogP contribution in [-0.2, 0) is 11.3 Å². The minimum absolute atomic E-state index is 0.0506. The first kappa shape index (κ1) is 22.0. The molecule has 2 unspecified atom stereocenters. The number of aromatic nitrogens is 4. The van der Waals surface area contributed by atoms with E-state index < -0.39 is 18.3 Å². The van der Waals surface area contributed by atoms with E-state index in [9.17, 15) is 18.0 Å². The largest absolute Gasteiger partial charge is 0.573 e. The van der Waals surface area contributed by atoms with Gasteiger partial charge in [-0.25, -0.2) is 9.97 Å². The van der Waals surface area contributed by atoms with Crippen LogP contribution in [0, 0.1) is 12.8 Å². The minimum atomic E-state index is -4.80. The number of halogens is 3. The zero-order valence-corrected chi connectivity index (χ0v) is 17.5. The highest BCUT2D eigenvalue weighted by molar-refractivity contribution is 5.92. The van der Waals surface area contributed by atoms with E-state index in [0.29, 0.717) is 48.7 Å². The summed E-state index contributed by atoms with van der Waals surface area (Å²) in [5.41, 5.74) is 1.84. The normalized spacial score (nSPS) is 17.5. The van der Waals surface area contributed by atoms with Crippen LogP contribution < -0.4 is 10.1 Å². The zero-order chi connectivity index (χ0) is 22.9. The topological polar surface area (TPSA) is 91.2 Å². The number of ether oxygens (including phenoxy) is 2. The quantitative estimate of drug-likeness (QED) is 0.619. The Morgan fingerprint density at radius 3 is 2.78 bits per heavy atom. The molecule has 170 valence electrons. The first-order valence-corrected chi connectivity index (χ1v) is 10.2. The van der Waals surface area contributed by atoms with Gasteiger partial charge in [-0.15, -0.1) is 13.2 Å². The SMILES string of the molecule is CCn1c(C(NC(=O)c2cnc(C)cn2)C2CCOC2)nc2cc(OC(F)(F)F)ccc21. The molecule has 3 aromatic rings. The summed E-state index contributed by atoms with van der Waals surface area (Å²) in [6, 6.07) is 3.51. The van der Waals surface area contributed by atoms with Gasteiger partial charge in [-0.1, -0.05) is 0 Å². The number of hydrogen-bond acceptors (Lipinski definition) is 6. The number of carbonyl (C=O) groups excluding carboxylic acids is 1. The lowest BCUT2D eigenvalue weighted by Crippen LogP contribution is -2.36. The highest BCUT2D eigenvalue weighted by atomic mass is 19.4. The molecule has 1 amide bonds. The molecule has 0 saturated carbocycles. The smallest absolute Gasteiger partial charge is 0.406 e. The molecule has 1 saturated heterocycles. The van der Waals surface area contributed by atoms with Gasteiger partial charge in [0.15, 0.2) is 0 Å². The van der Waals surface area contributed by atoms with Gasteiger partial charge >= 0.3 is 6.36 Å². The van der Waals surface area contributed by atoms with Crippen LogP contribution in [0.2, 0.25) is 0 Å². The third-order valence-corrected chi connectivity index (χ3v) is 5.31. The van der Waals surface area contributed by atoms with Crippen LogP contribution in [0.25, 0.3) is 11.0 Å². The van der Waals surface area contributed by atoms with Crippen molar-refractivity contribution >= 4 is 16.9 Å². The van der Waals surface area contributed by atoms with Crippen LogP contribution in [-0.4, -0.2) is 45.0 Å². The number of carbonyl (C=O) groups is 1. The van der Waals surface area contributed by atoms with E-state index in [1.165, 1.54) is 30.6 Å². The number of hydrogen-bond donors (Lipinski definition) is 1. The number of nitrogens with one attached hydrogen (secondary N) is 1. The molecular formula is C21H22F3N5O3. The van der Waals surface area contributed by atoms with Crippen molar-refractivity contribution < 1.29 is 27.4 Å². The second-order valence-corrected chi connectivity index (χ2v) is 7.53. The standard InChI is InChI=1S/C21H22F3N5O3/c1-3-29-17-5-4-14(32-21(22,23)24)8-15(17)27-19(29)18(13-6-7-31-11-13)28-20(30)16-10-25-12(2)9-26-16/h4-5,8-10,13,18H,3,6-7,11H2,1-2H3,(H,28,30). The summed E-state index contributed by atoms with van der Waals surface area (Å²) < 4.78 is 49.3. The van der Waals surface area contributed by atoms with Crippen molar-refractivity contribution in [1.29, 1.82) is 0 Å². The zero-order valence-electron chi connectivity index (χ0n) is 17.5. The highest BCUT2D eigenvalue weighted by Crippen LogP contribution is 2.33. The number of nitrogens with zero attached hydrogens (tertiary/aromatic N) is 4. The fourth-order valence-electron chi connectivity index (χ4n) is 3.83. The van der Waals surface area contributed by atoms with Gasteiger partial charge in [0.25, 0.3) is 5.91 Å². The van der Waals surface area contributed by atoms with Crippen LogP contribution in [0.5, 0.6) is 5.75 Å². The molecular weight excluding hydrogens is 427 g/mol. The lowest BCUT2D eigenvalue weighted by atomic mass is 9.98. The maximum absolute atomic E-state index is 12.9. The molecule has 0 spiro atoms. The Bertz CT molecular complexity index is 1110. The van der Waals surface area contributed by atoms with Crippen molar-refractivity contribution in [2.75, 3.05) is 13.2 Å². The van der Waals surface area contributed by atoms with E-state index in [1.54, 1.807) is 6.92 Å². The molecule has 2 atom stereocenters. The number of amides is 1. The maximum atomic E-state index is 12.9. The highest BCUT2D eigenvalue weighted by Gasteiger charge is 2.34. The fraction of sp³-hybridized carbons (Fsp3) is 0.429. The summed E-state index contributed by atoms with van der Waals surface area (Å²) in [5.74, 6) is -0.275. The Hall–Kier alpha value is -3.21. The van der Waals surface area contributed by atoms with Crippen LogP contribution in [0.15, 0.2) is 30.6 Å². The first-order chi connectivity index (χ1) is 15.2. The van der Waals surface area contributed by atoms with Crippen LogP contribution in [0.3, 0.4) is 0 Å². The predicted molar refractivity (Wildman–Crippen MR) is 108 cm³/mol. The van der Waals surface area contributed by atoms with Crippen molar-refractivity contribution in [2.24, 2.45) is 5.92 Å². The van der Waals surface area contributed by atoms with Gasteiger partial charge in [-0.3, -0.25) is 9.78 Å². The van der Waals surface area contributed by atoms with E-state index in [0.717, 1.165) is 0 Å². The lowest BCUT2D eigenvalue weighted by Gasteiger charge is -2.24. The van der Waals surface area contributed by atoms with E-state index in [2.05, 4.69) is 25.0 Å². The van der Waals surface area contributed by atoms with Crippen molar-refractivity contribution in [3.8, 4) is 5.75 Å². The number of alkyl halides is 3. The number of benzene rings is 1. The second kappa shape index (κ2) is 8.73. The van der Waals surface area contributed by atoms with Gasteiger partial charge < -0.3 is 19.4 Å². The minimum Gasteiger partial charge on any atom is -0.406 e. The van der Waals surface area contributed by atoms with Gasteiger partial charge in [-0.05, 0) is 32.4 Å². The van der Waals surface area contributed by atoms with Crippen molar-refractivity contribution in [2.45, 2.75) is 39.2 Å². The molecule has 4 rings (SSSR count). The molecule has 8 nitrogen and oxygen atoms in total. The summed E-state index contributed by atoms with van der Waals surface area (Å²) in [7, 11) is 0. The number of rotatable bonds is 6. The molecule has 2 aromatic heterocycles. The average molecular weight is 449 g/mol. The van der Waals surface area contributed by atoms with Crippen molar-refractivity contribution in [3.05, 3.63) is 47.8 Å². The molecule has 3 heterocycles. The number of imidazole rings is 1. The van der Waals surface area contributed by atoms with Crippen LogP contribution in [0.4, 0.5) is 13.2 Å². The Labute approximate surface area is 181 Å². The second-order valence-electron chi connectivity index (χ2n) is 7.53. The van der Waals surface area contributed by atoms with Crippen LogP contribution in [0.1, 0.15) is 41.4 Å². The molecule has 32 heavy (non-hydrogen) atoms. The van der Waals surface area contributed by atoms with E-state index >= 15 is 0 Å². The molecule has 0 bridgehead atoms. The average Bonchev–Trinajstić information content (AvgIpc) is 3.38. The molecule has 1 N–H and O–H groups in total. The predicted octanol–water partition coefficient (Wildman–Crippen LogP) is 3.56. The fourth-order valence-corrected chi connectivity index (χ4v) is 3.83. The van der Waals surface area contributed by atoms with Crippen molar-refractivity contribution in [1.82, 2.24) is 24.8 Å². The first-order valence-electron chi connectivity index (χ1n) is 10.2. The van der Waals surface area contributed by atoms with E-state index in [1.807, 2.05) is 11.5 Å².